The monoisotopic (exact) mass is 218 g/mol. The third kappa shape index (κ3) is 10.2. The van der Waals surface area contributed by atoms with E-state index in [9.17, 15) is 0 Å². The largest absolute Gasteiger partial charge is 0.381 e. The fourth-order valence-corrected chi connectivity index (χ4v) is 1.34. The molecular formula is C12H26O3. The van der Waals surface area contributed by atoms with Crippen molar-refractivity contribution in [2.24, 2.45) is 0 Å². The van der Waals surface area contributed by atoms with Gasteiger partial charge in [-0.2, -0.15) is 0 Å². The van der Waals surface area contributed by atoms with Crippen LogP contribution in [0.3, 0.4) is 0 Å². The average molecular weight is 218 g/mol. The zero-order valence-electron chi connectivity index (χ0n) is 10.6. The lowest BCUT2D eigenvalue weighted by atomic mass is 10.3. The molecule has 0 fully saturated rings. The molecule has 0 radical (unpaired) electrons. The molecule has 0 spiro atoms. The van der Waals surface area contributed by atoms with E-state index in [4.69, 9.17) is 14.2 Å². The standard InChI is InChI=1S/C12H26O3/c1-5-14-11(3)7-9-13-10-8-12(4)15-6-2/h11-12H,5-10H2,1-4H3. The van der Waals surface area contributed by atoms with Crippen molar-refractivity contribution >= 4 is 0 Å². The molecule has 2 unspecified atom stereocenters. The SMILES string of the molecule is CCOC(C)CCOCCC(C)OCC. The van der Waals surface area contributed by atoms with Gasteiger partial charge >= 0.3 is 0 Å². The number of hydrogen-bond donors (Lipinski definition) is 0. The van der Waals surface area contributed by atoms with E-state index >= 15 is 0 Å². The van der Waals surface area contributed by atoms with E-state index in [0.29, 0.717) is 12.2 Å². The predicted molar refractivity (Wildman–Crippen MR) is 62.2 cm³/mol. The van der Waals surface area contributed by atoms with E-state index < -0.39 is 0 Å². The van der Waals surface area contributed by atoms with Crippen molar-refractivity contribution in [3.8, 4) is 0 Å². The summed E-state index contributed by atoms with van der Waals surface area (Å²) < 4.78 is 16.3. The molecule has 0 saturated carbocycles. The van der Waals surface area contributed by atoms with Gasteiger partial charge in [0.1, 0.15) is 0 Å². The molecule has 92 valence electrons. The van der Waals surface area contributed by atoms with Crippen LogP contribution in [0.5, 0.6) is 0 Å². The maximum absolute atomic E-state index is 5.51. The Hall–Kier alpha value is -0.120. The zero-order valence-corrected chi connectivity index (χ0v) is 10.6. The molecule has 0 aliphatic heterocycles. The second-order valence-electron chi connectivity index (χ2n) is 3.72. The molecule has 0 aromatic rings. The number of ether oxygens (including phenoxy) is 3. The average Bonchev–Trinajstić information content (AvgIpc) is 2.18. The Morgan fingerprint density at radius 1 is 0.800 bits per heavy atom. The van der Waals surface area contributed by atoms with Crippen molar-refractivity contribution in [3.05, 3.63) is 0 Å². The van der Waals surface area contributed by atoms with Crippen molar-refractivity contribution in [1.29, 1.82) is 0 Å². The van der Waals surface area contributed by atoms with Crippen LogP contribution in [0.1, 0.15) is 40.5 Å². The highest BCUT2D eigenvalue weighted by molar-refractivity contribution is 4.51. The smallest absolute Gasteiger partial charge is 0.0568 e. The third-order valence-electron chi connectivity index (χ3n) is 2.24. The van der Waals surface area contributed by atoms with Crippen molar-refractivity contribution < 1.29 is 14.2 Å². The Morgan fingerprint density at radius 3 is 1.53 bits per heavy atom. The summed E-state index contributed by atoms with van der Waals surface area (Å²) >= 11 is 0. The van der Waals surface area contributed by atoms with Crippen LogP contribution in [-0.2, 0) is 14.2 Å². The lowest BCUT2D eigenvalue weighted by Gasteiger charge is -2.13. The van der Waals surface area contributed by atoms with Gasteiger partial charge in [0.15, 0.2) is 0 Å². The van der Waals surface area contributed by atoms with Crippen molar-refractivity contribution in [2.45, 2.75) is 52.7 Å². The van der Waals surface area contributed by atoms with Gasteiger partial charge in [0, 0.05) is 26.4 Å². The van der Waals surface area contributed by atoms with Gasteiger partial charge in [0.2, 0.25) is 0 Å². The Labute approximate surface area is 94.1 Å². The molecule has 2 atom stereocenters. The highest BCUT2D eigenvalue weighted by Crippen LogP contribution is 2.00. The van der Waals surface area contributed by atoms with E-state index in [2.05, 4.69) is 13.8 Å². The Kier molecular flexibility index (Phi) is 10.3. The third-order valence-corrected chi connectivity index (χ3v) is 2.24. The molecule has 0 saturated heterocycles. The topological polar surface area (TPSA) is 27.7 Å². The molecule has 0 aliphatic rings. The van der Waals surface area contributed by atoms with Gasteiger partial charge in [-0.15, -0.1) is 0 Å². The van der Waals surface area contributed by atoms with Crippen molar-refractivity contribution in [2.75, 3.05) is 26.4 Å². The Balaban J connectivity index is 3.17. The van der Waals surface area contributed by atoms with Crippen molar-refractivity contribution in [3.63, 3.8) is 0 Å². The fourth-order valence-electron chi connectivity index (χ4n) is 1.34. The normalized spacial score (nSPS) is 15.2. The van der Waals surface area contributed by atoms with Gasteiger partial charge in [-0.1, -0.05) is 0 Å². The highest BCUT2D eigenvalue weighted by atomic mass is 16.5. The summed E-state index contributed by atoms with van der Waals surface area (Å²) in [4.78, 5) is 0. The van der Waals surface area contributed by atoms with Gasteiger partial charge in [0.25, 0.3) is 0 Å². The number of rotatable bonds is 10. The molecule has 0 N–H and O–H groups in total. The van der Waals surface area contributed by atoms with Gasteiger partial charge < -0.3 is 14.2 Å². The number of hydrogen-bond acceptors (Lipinski definition) is 3. The van der Waals surface area contributed by atoms with Gasteiger partial charge in [-0.3, -0.25) is 0 Å². The molecule has 0 rings (SSSR count). The predicted octanol–water partition coefficient (Wildman–Crippen LogP) is 2.63. The molecule has 3 nitrogen and oxygen atoms in total. The van der Waals surface area contributed by atoms with Crippen LogP contribution in [0.4, 0.5) is 0 Å². The second-order valence-corrected chi connectivity index (χ2v) is 3.72. The molecule has 0 heterocycles. The first-order valence-electron chi connectivity index (χ1n) is 6.01. The van der Waals surface area contributed by atoms with E-state index in [1.807, 2.05) is 13.8 Å². The quantitative estimate of drug-likeness (QED) is 0.528. The minimum absolute atomic E-state index is 0.305. The molecule has 15 heavy (non-hydrogen) atoms. The van der Waals surface area contributed by atoms with Crippen LogP contribution in [0, 0.1) is 0 Å². The summed E-state index contributed by atoms with van der Waals surface area (Å²) in [5.74, 6) is 0. The Bertz CT molecular complexity index is 114. The summed E-state index contributed by atoms with van der Waals surface area (Å²) in [6, 6.07) is 0. The lowest BCUT2D eigenvalue weighted by molar-refractivity contribution is 0.0175. The van der Waals surface area contributed by atoms with Gasteiger partial charge in [0.05, 0.1) is 12.2 Å². The maximum Gasteiger partial charge on any atom is 0.0568 e. The summed E-state index contributed by atoms with van der Waals surface area (Å²) in [6.45, 7) is 11.3. The van der Waals surface area contributed by atoms with Crippen molar-refractivity contribution in [1.82, 2.24) is 0 Å². The molecule has 0 aromatic heterocycles. The van der Waals surface area contributed by atoms with E-state index in [-0.39, 0.29) is 0 Å². The zero-order chi connectivity index (χ0) is 11.5. The van der Waals surface area contributed by atoms with Crippen LogP contribution in [0.15, 0.2) is 0 Å². The summed E-state index contributed by atoms with van der Waals surface area (Å²) in [5, 5.41) is 0. The van der Waals surface area contributed by atoms with Crippen LogP contribution >= 0.6 is 0 Å². The minimum atomic E-state index is 0.305. The molecule has 0 aliphatic carbocycles. The molecule has 0 aromatic carbocycles. The molecule has 0 bridgehead atoms. The summed E-state index contributed by atoms with van der Waals surface area (Å²) in [5.41, 5.74) is 0. The lowest BCUT2D eigenvalue weighted by Crippen LogP contribution is -2.14. The maximum atomic E-state index is 5.51. The first kappa shape index (κ1) is 14.9. The van der Waals surface area contributed by atoms with E-state index in [1.165, 1.54) is 0 Å². The van der Waals surface area contributed by atoms with E-state index in [1.54, 1.807) is 0 Å². The van der Waals surface area contributed by atoms with Crippen LogP contribution < -0.4 is 0 Å². The first-order chi connectivity index (χ1) is 7.20. The summed E-state index contributed by atoms with van der Waals surface area (Å²) in [7, 11) is 0. The Morgan fingerprint density at radius 2 is 1.20 bits per heavy atom. The molecule has 3 heteroatoms. The molecular weight excluding hydrogens is 192 g/mol. The second kappa shape index (κ2) is 10.4. The van der Waals surface area contributed by atoms with E-state index in [0.717, 1.165) is 39.3 Å². The van der Waals surface area contributed by atoms with Crippen LogP contribution in [-0.4, -0.2) is 38.6 Å². The summed E-state index contributed by atoms with van der Waals surface area (Å²) in [6.07, 6.45) is 2.55. The van der Waals surface area contributed by atoms with Crippen LogP contribution in [0.25, 0.3) is 0 Å². The fraction of sp³-hybridized carbons (Fsp3) is 1.00. The first-order valence-corrected chi connectivity index (χ1v) is 6.01. The van der Waals surface area contributed by atoms with Crippen LogP contribution in [0.2, 0.25) is 0 Å². The van der Waals surface area contributed by atoms with Gasteiger partial charge in [-0.05, 0) is 40.5 Å². The minimum Gasteiger partial charge on any atom is -0.381 e. The molecule has 0 amide bonds. The highest BCUT2D eigenvalue weighted by Gasteiger charge is 2.02. The van der Waals surface area contributed by atoms with Gasteiger partial charge in [-0.25, -0.2) is 0 Å².